The van der Waals surface area contributed by atoms with E-state index >= 15 is 0 Å². The van der Waals surface area contributed by atoms with Gasteiger partial charge in [0.1, 0.15) is 18.1 Å². The smallest absolute Gasteiger partial charge is 0.258 e. The van der Waals surface area contributed by atoms with E-state index in [0.717, 1.165) is 35.5 Å². The van der Waals surface area contributed by atoms with E-state index in [4.69, 9.17) is 9.47 Å². The van der Waals surface area contributed by atoms with Gasteiger partial charge in [-0.1, -0.05) is 42.5 Å². The van der Waals surface area contributed by atoms with Gasteiger partial charge < -0.3 is 19.7 Å². The fourth-order valence-corrected chi connectivity index (χ4v) is 3.53. The molecule has 1 saturated heterocycles. The quantitative estimate of drug-likeness (QED) is 0.555. The summed E-state index contributed by atoms with van der Waals surface area (Å²) in [5.74, 6) is 1.27. The number of carbonyl (C=O) groups is 2. The van der Waals surface area contributed by atoms with E-state index in [1.54, 1.807) is 17.0 Å². The molecule has 0 aliphatic carbocycles. The van der Waals surface area contributed by atoms with Crippen LogP contribution >= 0.6 is 0 Å². The summed E-state index contributed by atoms with van der Waals surface area (Å²) < 4.78 is 11.3. The number of benzene rings is 3. The van der Waals surface area contributed by atoms with Gasteiger partial charge in [0.2, 0.25) is 5.91 Å². The lowest BCUT2D eigenvalue weighted by Gasteiger charge is -2.16. The molecule has 4 rings (SSSR count). The summed E-state index contributed by atoms with van der Waals surface area (Å²) in [6.07, 6.45) is 1.48. The fraction of sp³-hybridized carbons (Fsp3) is 0.231. The zero-order chi connectivity index (χ0) is 22.2. The van der Waals surface area contributed by atoms with Crippen LogP contribution < -0.4 is 19.7 Å². The molecule has 6 heteroatoms. The molecule has 2 amide bonds. The Morgan fingerprint density at radius 1 is 0.875 bits per heavy atom. The minimum atomic E-state index is -0.211. The van der Waals surface area contributed by atoms with Crippen LogP contribution in [0, 0.1) is 0 Å². The summed E-state index contributed by atoms with van der Waals surface area (Å²) >= 11 is 0. The van der Waals surface area contributed by atoms with Gasteiger partial charge in [0.05, 0.1) is 0 Å². The first kappa shape index (κ1) is 21.4. The van der Waals surface area contributed by atoms with Crippen LogP contribution in [0.2, 0.25) is 0 Å². The zero-order valence-corrected chi connectivity index (χ0v) is 17.8. The number of anilines is 1. The van der Waals surface area contributed by atoms with Gasteiger partial charge in [0.15, 0.2) is 6.61 Å². The molecule has 1 heterocycles. The lowest BCUT2D eigenvalue weighted by Crippen LogP contribution is -2.28. The second-order valence-corrected chi connectivity index (χ2v) is 7.63. The van der Waals surface area contributed by atoms with E-state index in [9.17, 15) is 9.59 Å². The molecule has 0 atom stereocenters. The monoisotopic (exact) mass is 430 g/mol. The van der Waals surface area contributed by atoms with Crippen molar-refractivity contribution in [1.29, 1.82) is 0 Å². The van der Waals surface area contributed by atoms with Crippen LogP contribution in [0.15, 0.2) is 78.9 Å². The Kier molecular flexibility index (Phi) is 7.02. The number of hydrogen-bond donors (Lipinski definition) is 1. The lowest BCUT2D eigenvalue weighted by atomic mass is 10.2. The molecule has 1 N–H and O–H groups in total. The molecule has 1 fully saturated rings. The van der Waals surface area contributed by atoms with Crippen molar-refractivity contribution in [1.82, 2.24) is 5.32 Å². The maximum atomic E-state index is 12.2. The molecule has 1 aliphatic heterocycles. The Morgan fingerprint density at radius 3 is 2.31 bits per heavy atom. The topological polar surface area (TPSA) is 67.9 Å². The highest BCUT2D eigenvalue weighted by Crippen LogP contribution is 2.22. The van der Waals surface area contributed by atoms with Crippen molar-refractivity contribution in [2.45, 2.75) is 26.0 Å². The molecule has 0 radical (unpaired) electrons. The summed E-state index contributed by atoms with van der Waals surface area (Å²) in [5.41, 5.74) is 2.92. The van der Waals surface area contributed by atoms with Crippen LogP contribution in [0.5, 0.6) is 11.5 Å². The van der Waals surface area contributed by atoms with Gasteiger partial charge in [0, 0.05) is 25.2 Å². The summed E-state index contributed by atoms with van der Waals surface area (Å²) in [5, 5.41) is 2.86. The normalized spacial score (nSPS) is 13.1. The Labute approximate surface area is 187 Å². The van der Waals surface area contributed by atoms with Crippen molar-refractivity contribution < 1.29 is 19.1 Å². The number of carbonyl (C=O) groups excluding carboxylic acids is 2. The molecule has 1 aliphatic rings. The Morgan fingerprint density at radius 2 is 1.59 bits per heavy atom. The predicted molar refractivity (Wildman–Crippen MR) is 123 cm³/mol. The number of ether oxygens (including phenoxy) is 2. The lowest BCUT2D eigenvalue weighted by molar-refractivity contribution is -0.123. The van der Waals surface area contributed by atoms with E-state index in [1.165, 1.54) is 0 Å². The molecule has 0 unspecified atom stereocenters. The third-order valence-electron chi connectivity index (χ3n) is 5.23. The number of rotatable bonds is 9. The van der Waals surface area contributed by atoms with Crippen LogP contribution in [0.4, 0.5) is 5.69 Å². The maximum Gasteiger partial charge on any atom is 0.258 e. The Balaban J connectivity index is 1.21. The third kappa shape index (κ3) is 5.88. The fourth-order valence-electron chi connectivity index (χ4n) is 3.53. The van der Waals surface area contributed by atoms with Crippen LogP contribution in [0.25, 0.3) is 0 Å². The number of nitrogens with zero attached hydrogens (tertiary/aromatic N) is 1. The first-order chi connectivity index (χ1) is 15.7. The zero-order valence-electron chi connectivity index (χ0n) is 17.8. The van der Waals surface area contributed by atoms with Crippen LogP contribution in [0.3, 0.4) is 0 Å². The van der Waals surface area contributed by atoms with Crippen molar-refractivity contribution in [3.05, 3.63) is 90.0 Å². The molecule has 3 aromatic carbocycles. The molecule has 164 valence electrons. The minimum Gasteiger partial charge on any atom is -0.489 e. The summed E-state index contributed by atoms with van der Waals surface area (Å²) in [4.78, 5) is 25.9. The molecule has 3 aromatic rings. The highest BCUT2D eigenvalue weighted by atomic mass is 16.5. The van der Waals surface area contributed by atoms with E-state index in [-0.39, 0.29) is 18.4 Å². The van der Waals surface area contributed by atoms with E-state index in [1.807, 2.05) is 66.7 Å². The minimum absolute atomic E-state index is 0.0749. The average Bonchev–Trinajstić information content (AvgIpc) is 3.27. The van der Waals surface area contributed by atoms with Crippen molar-refractivity contribution in [3.8, 4) is 11.5 Å². The molecule has 6 nitrogen and oxygen atoms in total. The molecular weight excluding hydrogens is 404 g/mol. The Bertz CT molecular complexity index is 1050. The second-order valence-electron chi connectivity index (χ2n) is 7.63. The second kappa shape index (κ2) is 10.5. The van der Waals surface area contributed by atoms with E-state index in [2.05, 4.69) is 5.32 Å². The van der Waals surface area contributed by atoms with Gasteiger partial charge in [-0.3, -0.25) is 9.59 Å². The molecule has 0 aromatic heterocycles. The van der Waals surface area contributed by atoms with Crippen LogP contribution in [0.1, 0.15) is 24.0 Å². The first-order valence-corrected chi connectivity index (χ1v) is 10.7. The SMILES string of the molecule is O=C(COc1ccc(OCc2ccccc2)cc1)NCc1cccc(N2CCCC2=O)c1. The van der Waals surface area contributed by atoms with Crippen molar-refractivity contribution >= 4 is 17.5 Å². The van der Waals surface area contributed by atoms with Gasteiger partial charge in [-0.15, -0.1) is 0 Å². The summed E-state index contributed by atoms with van der Waals surface area (Å²) in [6.45, 7) is 1.55. The summed E-state index contributed by atoms with van der Waals surface area (Å²) in [6, 6.07) is 24.9. The van der Waals surface area contributed by atoms with E-state index < -0.39 is 0 Å². The molecule has 0 saturated carbocycles. The highest BCUT2D eigenvalue weighted by Gasteiger charge is 2.21. The number of nitrogens with one attached hydrogen (secondary N) is 1. The van der Waals surface area contributed by atoms with Crippen molar-refractivity contribution in [2.24, 2.45) is 0 Å². The van der Waals surface area contributed by atoms with Crippen molar-refractivity contribution in [3.63, 3.8) is 0 Å². The van der Waals surface area contributed by atoms with Gasteiger partial charge in [-0.2, -0.15) is 0 Å². The number of hydrogen-bond acceptors (Lipinski definition) is 4. The van der Waals surface area contributed by atoms with Gasteiger partial charge in [-0.05, 0) is 53.9 Å². The van der Waals surface area contributed by atoms with Gasteiger partial charge >= 0.3 is 0 Å². The van der Waals surface area contributed by atoms with E-state index in [0.29, 0.717) is 25.3 Å². The number of amides is 2. The average molecular weight is 431 g/mol. The van der Waals surface area contributed by atoms with Gasteiger partial charge in [0.25, 0.3) is 5.91 Å². The third-order valence-corrected chi connectivity index (χ3v) is 5.23. The largest absolute Gasteiger partial charge is 0.489 e. The molecular formula is C26H26N2O4. The van der Waals surface area contributed by atoms with Gasteiger partial charge in [-0.25, -0.2) is 0 Å². The van der Waals surface area contributed by atoms with Crippen LogP contribution in [-0.4, -0.2) is 25.0 Å². The first-order valence-electron chi connectivity index (χ1n) is 10.7. The van der Waals surface area contributed by atoms with Crippen LogP contribution in [-0.2, 0) is 22.7 Å². The summed E-state index contributed by atoms with van der Waals surface area (Å²) in [7, 11) is 0. The Hall–Kier alpha value is -3.80. The molecule has 0 spiro atoms. The highest BCUT2D eigenvalue weighted by molar-refractivity contribution is 5.95. The standard InChI is InChI=1S/C26H26N2O4/c29-25(27-17-21-8-4-9-22(16-21)28-15-5-10-26(28)30)19-32-24-13-11-23(12-14-24)31-18-20-6-2-1-3-7-20/h1-4,6-9,11-14,16H,5,10,15,17-19H2,(H,27,29). The predicted octanol–water partition coefficient (Wildman–Crippen LogP) is 4.09. The van der Waals surface area contributed by atoms with Crippen molar-refractivity contribution in [2.75, 3.05) is 18.1 Å². The molecule has 0 bridgehead atoms. The maximum absolute atomic E-state index is 12.2. The molecule has 32 heavy (non-hydrogen) atoms.